The Labute approximate surface area is 142 Å². The largest absolute Gasteiger partial charge is 0.348 e. The summed E-state index contributed by atoms with van der Waals surface area (Å²) in [6.07, 6.45) is 0. The molecule has 2 aromatic carbocycles. The average Bonchev–Trinajstić information content (AvgIpc) is 2.48. The van der Waals surface area contributed by atoms with Gasteiger partial charge in [0.15, 0.2) is 0 Å². The number of rotatable bonds is 4. The molecule has 2 aromatic rings. The number of halogens is 2. The van der Waals surface area contributed by atoms with E-state index >= 15 is 0 Å². The second-order valence-electron chi connectivity index (χ2n) is 4.68. The fraction of sp³-hybridized carbons (Fsp3) is 0.125. The highest BCUT2D eigenvalue weighted by atomic mass is 79.9. The Bertz CT molecular complexity index is 702. The van der Waals surface area contributed by atoms with Crippen LogP contribution in [-0.4, -0.2) is 11.8 Å². The van der Waals surface area contributed by atoms with E-state index in [4.69, 9.17) is 11.6 Å². The van der Waals surface area contributed by atoms with Gasteiger partial charge in [0.2, 0.25) is 5.91 Å². The van der Waals surface area contributed by atoms with Gasteiger partial charge in [-0.1, -0.05) is 39.7 Å². The first-order valence-electron chi connectivity index (χ1n) is 6.55. The Balaban J connectivity index is 1.99. The van der Waals surface area contributed by atoms with E-state index in [0.29, 0.717) is 17.1 Å². The van der Waals surface area contributed by atoms with Crippen LogP contribution in [0.25, 0.3) is 0 Å². The van der Waals surface area contributed by atoms with Crippen LogP contribution in [0.2, 0.25) is 5.02 Å². The van der Waals surface area contributed by atoms with Crippen molar-refractivity contribution < 1.29 is 9.59 Å². The number of carbonyl (C=O) groups is 2. The van der Waals surface area contributed by atoms with Gasteiger partial charge < -0.3 is 10.6 Å². The molecule has 0 saturated carbocycles. The molecule has 0 unspecified atom stereocenters. The molecule has 0 aromatic heterocycles. The van der Waals surface area contributed by atoms with Crippen molar-refractivity contribution in [3.8, 4) is 0 Å². The SMILES string of the molecule is CC(=O)Nc1ccc(CNC(=O)c2cc(Br)ccc2Cl)cc1. The molecule has 4 nitrogen and oxygen atoms in total. The zero-order valence-corrected chi connectivity index (χ0v) is 14.2. The average molecular weight is 382 g/mol. The van der Waals surface area contributed by atoms with E-state index in [2.05, 4.69) is 26.6 Å². The minimum atomic E-state index is -0.239. The van der Waals surface area contributed by atoms with Crippen molar-refractivity contribution in [2.24, 2.45) is 0 Å². The van der Waals surface area contributed by atoms with Crippen LogP contribution >= 0.6 is 27.5 Å². The summed E-state index contributed by atoms with van der Waals surface area (Å²) in [5, 5.41) is 5.90. The molecule has 0 bridgehead atoms. The monoisotopic (exact) mass is 380 g/mol. The van der Waals surface area contributed by atoms with Gasteiger partial charge in [-0.25, -0.2) is 0 Å². The highest BCUT2D eigenvalue weighted by Gasteiger charge is 2.10. The van der Waals surface area contributed by atoms with E-state index in [0.717, 1.165) is 15.7 Å². The van der Waals surface area contributed by atoms with Crippen LogP contribution in [0, 0.1) is 0 Å². The van der Waals surface area contributed by atoms with Crippen molar-refractivity contribution in [3.63, 3.8) is 0 Å². The highest BCUT2D eigenvalue weighted by molar-refractivity contribution is 9.10. The van der Waals surface area contributed by atoms with E-state index in [-0.39, 0.29) is 11.8 Å². The summed E-state index contributed by atoms with van der Waals surface area (Å²) in [7, 11) is 0. The molecule has 0 atom stereocenters. The van der Waals surface area contributed by atoms with E-state index in [1.165, 1.54) is 6.92 Å². The summed E-state index contributed by atoms with van der Waals surface area (Å²) in [4.78, 5) is 23.1. The van der Waals surface area contributed by atoms with Crippen LogP contribution in [-0.2, 0) is 11.3 Å². The van der Waals surface area contributed by atoms with Crippen molar-refractivity contribution in [2.75, 3.05) is 5.32 Å². The van der Waals surface area contributed by atoms with Gasteiger partial charge >= 0.3 is 0 Å². The van der Waals surface area contributed by atoms with Gasteiger partial charge in [-0.05, 0) is 35.9 Å². The lowest BCUT2D eigenvalue weighted by Crippen LogP contribution is -2.23. The van der Waals surface area contributed by atoms with Gasteiger partial charge in [-0.3, -0.25) is 9.59 Å². The molecule has 0 aliphatic carbocycles. The van der Waals surface area contributed by atoms with Gasteiger partial charge in [-0.15, -0.1) is 0 Å². The number of amides is 2. The van der Waals surface area contributed by atoms with Gasteiger partial charge in [0.05, 0.1) is 10.6 Å². The van der Waals surface area contributed by atoms with Gasteiger partial charge in [-0.2, -0.15) is 0 Å². The quantitative estimate of drug-likeness (QED) is 0.841. The number of anilines is 1. The Morgan fingerprint density at radius 3 is 2.45 bits per heavy atom. The normalized spacial score (nSPS) is 10.1. The Morgan fingerprint density at radius 1 is 1.14 bits per heavy atom. The highest BCUT2D eigenvalue weighted by Crippen LogP contribution is 2.21. The van der Waals surface area contributed by atoms with Crippen molar-refractivity contribution in [2.45, 2.75) is 13.5 Å². The molecule has 2 rings (SSSR count). The summed E-state index contributed by atoms with van der Waals surface area (Å²) in [6.45, 7) is 1.83. The molecule has 2 amide bonds. The Kier molecular flexibility index (Phi) is 5.57. The summed E-state index contributed by atoms with van der Waals surface area (Å²) in [5.41, 5.74) is 2.07. The third kappa shape index (κ3) is 4.58. The van der Waals surface area contributed by atoms with Crippen molar-refractivity contribution in [1.29, 1.82) is 0 Å². The number of nitrogens with one attached hydrogen (secondary N) is 2. The van der Waals surface area contributed by atoms with Crippen molar-refractivity contribution in [1.82, 2.24) is 5.32 Å². The molecule has 22 heavy (non-hydrogen) atoms. The van der Waals surface area contributed by atoms with Crippen LogP contribution in [0.1, 0.15) is 22.8 Å². The van der Waals surface area contributed by atoms with Gasteiger partial charge in [0.25, 0.3) is 5.91 Å². The van der Waals surface area contributed by atoms with Gasteiger partial charge in [0.1, 0.15) is 0 Å². The van der Waals surface area contributed by atoms with Crippen LogP contribution < -0.4 is 10.6 Å². The summed E-state index contributed by atoms with van der Waals surface area (Å²) in [5.74, 6) is -0.359. The topological polar surface area (TPSA) is 58.2 Å². The molecule has 0 aliphatic heterocycles. The first-order chi connectivity index (χ1) is 10.5. The smallest absolute Gasteiger partial charge is 0.253 e. The molecular formula is C16H14BrClN2O2. The predicted molar refractivity (Wildman–Crippen MR) is 91.1 cm³/mol. The second-order valence-corrected chi connectivity index (χ2v) is 6.01. The molecule has 2 N–H and O–H groups in total. The third-order valence-electron chi connectivity index (χ3n) is 2.90. The number of hydrogen-bond acceptors (Lipinski definition) is 2. The first-order valence-corrected chi connectivity index (χ1v) is 7.72. The summed E-state index contributed by atoms with van der Waals surface area (Å²) in [6, 6.07) is 12.4. The van der Waals surface area contributed by atoms with Gasteiger partial charge in [0, 0.05) is 23.6 Å². The zero-order chi connectivity index (χ0) is 16.1. The molecule has 0 saturated heterocycles. The lowest BCUT2D eigenvalue weighted by Gasteiger charge is -2.08. The van der Waals surface area contributed by atoms with Crippen LogP contribution in [0.4, 0.5) is 5.69 Å². The summed E-state index contributed by atoms with van der Waals surface area (Å²) >= 11 is 9.34. The maximum atomic E-state index is 12.1. The molecule has 0 aliphatic rings. The lowest BCUT2D eigenvalue weighted by atomic mass is 10.2. The fourth-order valence-corrected chi connectivity index (χ4v) is 2.42. The fourth-order valence-electron chi connectivity index (χ4n) is 1.86. The number of hydrogen-bond donors (Lipinski definition) is 2. The number of carbonyl (C=O) groups excluding carboxylic acids is 2. The number of benzene rings is 2. The Hall–Kier alpha value is -1.85. The van der Waals surface area contributed by atoms with E-state index in [1.54, 1.807) is 30.3 Å². The third-order valence-corrected chi connectivity index (χ3v) is 3.72. The zero-order valence-electron chi connectivity index (χ0n) is 11.8. The van der Waals surface area contributed by atoms with Crippen molar-refractivity contribution >= 4 is 45.0 Å². The predicted octanol–water partition coefficient (Wildman–Crippen LogP) is 3.99. The van der Waals surface area contributed by atoms with E-state index in [9.17, 15) is 9.59 Å². The molecule has 114 valence electrons. The molecule has 0 spiro atoms. The van der Waals surface area contributed by atoms with Crippen molar-refractivity contribution in [3.05, 3.63) is 63.1 Å². The van der Waals surface area contributed by atoms with Crippen LogP contribution in [0.5, 0.6) is 0 Å². The van der Waals surface area contributed by atoms with Crippen LogP contribution in [0.3, 0.4) is 0 Å². The molecule has 0 fully saturated rings. The maximum absolute atomic E-state index is 12.1. The molecule has 0 heterocycles. The summed E-state index contributed by atoms with van der Waals surface area (Å²) < 4.78 is 0.793. The standard InChI is InChI=1S/C16H14BrClN2O2/c1-10(21)20-13-5-2-11(3-6-13)9-19-16(22)14-8-12(17)4-7-15(14)18/h2-8H,9H2,1H3,(H,19,22)(H,20,21). The van der Waals surface area contributed by atoms with E-state index in [1.807, 2.05) is 12.1 Å². The molecular weight excluding hydrogens is 368 g/mol. The minimum absolute atomic E-state index is 0.120. The second kappa shape index (κ2) is 7.42. The lowest BCUT2D eigenvalue weighted by molar-refractivity contribution is -0.114. The van der Waals surface area contributed by atoms with Crippen LogP contribution in [0.15, 0.2) is 46.9 Å². The van der Waals surface area contributed by atoms with E-state index < -0.39 is 0 Å². The maximum Gasteiger partial charge on any atom is 0.253 e. The minimum Gasteiger partial charge on any atom is -0.348 e. The first kappa shape index (κ1) is 16.5. The molecule has 0 radical (unpaired) electrons. The molecule has 6 heteroatoms. The Morgan fingerprint density at radius 2 is 1.82 bits per heavy atom.